The summed E-state index contributed by atoms with van der Waals surface area (Å²) in [5, 5.41) is 0.0313. The zero-order chi connectivity index (χ0) is 20.1. The van der Waals surface area contributed by atoms with Crippen molar-refractivity contribution in [1.29, 1.82) is 0 Å². The van der Waals surface area contributed by atoms with Gasteiger partial charge in [0.2, 0.25) is 10.0 Å². The van der Waals surface area contributed by atoms with Gasteiger partial charge in [-0.25, -0.2) is 8.42 Å². The largest absolute Gasteiger partial charge is 0.241 e. The van der Waals surface area contributed by atoms with Gasteiger partial charge in [-0.3, -0.25) is 0 Å². The van der Waals surface area contributed by atoms with Gasteiger partial charge in [-0.1, -0.05) is 78.4 Å². The second kappa shape index (κ2) is 8.95. The third-order valence-corrected chi connectivity index (χ3v) is 7.73. The maximum atomic E-state index is 13.2. The van der Waals surface area contributed by atoms with Crippen LogP contribution in [0, 0.1) is 6.92 Å². The average Bonchev–Trinajstić information content (AvgIpc) is 2.69. The van der Waals surface area contributed by atoms with Gasteiger partial charge in [0.1, 0.15) is 0 Å². The predicted octanol–water partition coefficient (Wildman–Crippen LogP) is 4.63. The standard InChI is InChI=1S/C23H26NO2S2/c1-18-14-16-21(17-15-18)28(25,26)24-22(19-10-6-4-7-11-19)23(27(2)3)20-12-8-5-9-13-20/h4-17,22-24H,1-3H3/q+1/t22-,23+/m0/s1. The topological polar surface area (TPSA) is 46.2 Å². The molecule has 146 valence electrons. The molecule has 0 spiro atoms. The van der Waals surface area contributed by atoms with Crippen LogP contribution < -0.4 is 4.72 Å². The lowest BCUT2D eigenvalue weighted by Gasteiger charge is -2.26. The summed E-state index contributed by atoms with van der Waals surface area (Å²) in [5.74, 6) is 0. The molecule has 0 aliphatic rings. The summed E-state index contributed by atoms with van der Waals surface area (Å²) in [5.41, 5.74) is 3.13. The van der Waals surface area contributed by atoms with E-state index < -0.39 is 10.0 Å². The summed E-state index contributed by atoms with van der Waals surface area (Å²) in [6.45, 7) is 1.95. The molecule has 0 aliphatic heterocycles. The van der Waals surface area contributed by atoms with Crippen molar-refractivity contribution in [2.24, 2.45) is 0 Å². The highest BCUT2D eigenvalue weighted by atomic mass is 32.2. The van der Waals surface area contributed by atoms with Gasteiger partial charge in [0, 0.05) is 5.56 Å². The second-order valence-corrected chi connectivity index (χ2v) is 11.0. The normalized spacial score (nSPS) is 14.0. The van der Waals surface area contributed by atoms with Crippen molar-refractivity contribution in [1.82, 2.24) is 4.72 Å². The molecule has 2 atom stereocenters. The first-order valence-corrected chi connectivity index (χ1v) is 12.7. The van der Waals surface area contributed by atoms with E-state index >= 15 is 0 Å². The Morgan fingerprint density at radius 1 is 0.750 bits per heavy atom. The molecule has 28 heavy (non-hydrogen) atoms. The molecule has 3 nitrogen and oxygen atoms in total. The van der Waals surface area contributed by atoms with Crippen LogP contribution in [-0.4, -0.2) is 20.9 Å². The highest BCUT2D eigenvalue weighted by Gasteiger charge is 2.37. The van der Waals surface area contributed by atoms with Crippen molar-refractivity contribution < 1.29 is 8.42 Å². The maximum Gasteiger partial charge on any atom is 0.241 e. The van der Waals surface area contributed by atoms with Crippen LogP contribution in [0.4, 0.5) is 0 Å². The minimum atomic E-state index is -3.66. The predicted molar refractivity (Wildman–Crippen MR) is 119 cm³/mol. The van der Waals surface area contributed by atoms with Crippen molar-refractivity contribution in [3.63, 3.8) is 0 Å². The summed E-state index contributed by atoms with van der Waals surface area (Å²) < 4.78 is 29.4. The number of rotatable bonds is 7. The maximum absolute atomic E-state index is 13.2. The summed E-state index contributed by atoms with van der Waals surface area (Å²) in [7, 11) is -3.71. The fourth-order valence-corrected chi connectivity index (χ4v) is 6.09. The minimum absolute atomic E-state index is 0.0313. The molecule has 0 fully saturated rings. The first-order valence-electron chi connectivity index (χ1n) is 9.14. The quantitative estimate of drug-likeness (QED) is 0.575. The van der Waals surface area contributed by atoms with E-state index in [1.54, 1.807) is 12.1 Å². The van der Waals surface area contributed by atoms with E-state index in [-0.39, 0.29) is 27.1 Å². The van der Waals surface area contributed by atoms with Crippen LogP contribution >= 0.6 is 0 Å². The third kappa shape index (κ3) is 4.85. The first kappa shape index (κ1) is 20.6. The van der Waals surface area contributed by atoms with Crippen LogP contribution in [0.15, 0.2) is 89.8 Å². The lowest BCUT2D eigenvalue weighted by atomic mass is 9.99. The fourth-order valence-electron chi connectivity index (χ4n) is 3.30. The van der Waals surface area contributed by atoms with Crippen molar-refractivity contribution in [3.05, 3.63) is 102 Å². The molecule has 0 heterocycles. The number of hydrogen-bond acceptors (Lipinski definition) is 2. The third-order valence-electron chi connectivity index (χ3n) is 4.71. The van der Waals surface area contributed by atoms with E-state index in [2.05, 4.69) is 29.4 Å². The van der Waals surface area contributed by atoms with Gasteiger partial charge >= 0.3 is 0 Å². The van der Waals surface area contributed by atoms with Crippen LogP contribution in [0.3, 0.4) is 0 Å². The molecule has 0 saturated carbocycles. The summed E-state index contributed by atoms with van der Waals surface area (Å²) >= 11 is 0. The lowest BCUT2D eigenvalue weighted by molar-refractivity contribution is 0.551. The van der Waals surface area contributed by atoms with E-state index in [0.29, 0.717) is 0 Å². The van der Waals surface area contributed by atoms with Crippen molar-refractivity contribution in [3.8, 4) is 0 Å². The van der Waals surface area contributed by atoms with Gasteiger partial charge in [0.05, 0.1) is 23.4 Å². The van der Waals surface area contributed by atoms with Gasteiger partial charge in [0.25, 0.3) is 0 Å². The number of benzene rings is 3. The Labute approximate surface area is 171 Å². The molecule has 3 aromatic carbocycles. The summed E-state index contributed by atoms with van der Waals surface area (Å²) in [4.78, 5) is 0.290. The van der Waals surface area contributed by atoms with Gasteiger partial charge in [-0.2, -0.15) is 4.72 Å². The minimum Gasteiger partial charge on any atom is -0.207 e. The van der Waals surface area contributed by atoms with E-state index in [4.69, 9.17) is 0 Å². The van der Waals surface area contributed by atoms with E-state index in [9.17, 15) is 8.42 Å². The number of aryl methyl sites for hydroxylation is 1. The Hall–Kier alpha value is -2.08. The van der Waals surface area contributed by atoms with Crippen LogP contribution in [-0.2, 0) is 20.9 Å². The number of sulfonamides is 1. The van der Waals surface area contributed by atoms with Gasteiger partial charge in [0.15, 0.2) is 5.25 Å². The zero-order valence-corrected chi connectivity index (χ0v) is 18.0. The average molecular weight is 413 g/mol. The molecule has 0 saturated heterocycles. The Balaban J connectivity index is 2.06. The van der Waals surface area contributed by atoms with Crippen molar-refractivity contribution >= 4 is 20.9 Å². The Morgan fingerprint density at radius 3 is 1.75 bits per heavy atom. The van der Waals surface area contributed by atoms with Gasteiger partial charge in [-0.05, 0) is 35.5 Å². The number of nitrogens with one attached hydrogen (secondary N) is 1. The molecular weight excluding hydrogens is 386 g/mol. The SMILES string of the molecule is Cc1ccc(S(=O)(=O)N[C@@H](c2ccccc2)[C@@H](c2ccccc2)[S+](C)C)cc1. The molecule has 0 aliphatic carbocycles. The molecule has 1 N–H and O–H groups in total. The second-order valence-electron chi connectivity index (χ2n) is 7.03. The molecule has 3 rings (SSSR count). The van der Waals surface area contributed by atoms with Gasteiger partial charge in [-0.15, -0.1) is 0 Å². The molecule has 0 radical (unpaired) electrons. The molecule has 0 aromatic heterocycles. The molecule has 0 bridgehead atoms. The van der Waals surface area contributed by atoms with Crippen molar-refractivity contribution in [2.45, 2.75) is 23.1 Å². The van der Waals surface area contributed by atoms with Crippen LogP contribution in [0.1, 0.15) is 28.0 Å². The lowest BCUT2D eigenvalue weighted by Crippen LogP contribution is -2.35. The van der Waals surface area contributed by atoms with E-state index in [1.807, 2.05) is 67.6 Å². The first-order chi connectivity index (χ1) is 13.4. The molecule has 0 amide bonds. The monoisotopic (exact) mass is 412 g/mol. The summed E-state index contributed by atoms with van der Waals surface area (Å²) in [6, 6.07) is 26.6. The Bertz CT molecular complexity index is 986. The van der Waals surface area contributed by atoms with E-state index in [0.717, 1.165) is 16.7 Å². The van der Waals surface area contributed by atoms with Crippen LogP contribution in [0.25, 0.3) is 0 Å². The fraction of sp³-hybridized carbons (Fsp3) is 0.217. The van der Waals surface area contributed by atoms with Crippen LogP contribution in [0.2, 0.25) is 0 Å². The zero-order valence-electron chi connectivity index (χ0n) is 16.4. The van der Waals surface area contributed by atoms with Crippen LogP contribution in [0.5, 0.6) is 0 Å². The highest BCUT2D eigenvalue weighted by molar-refractivity contribution is 7.95. The smallest absolute Gasteiger partial charge is 0.207 e. The highest BCUT2D eigenvalue weighted by Crippen LogP contribution is 2.36. The molecule has 5 heteroatoms. The Kier molecular flexibility index (Phi) is 6.60. The molecule has 0 unspecified atom stereocenters. The van der Waals surface area contributed by atoms with Crippen molar-refractivity contribution in [2.75, 3.05) is 12.5 Å². The van der Waals surface area contributed by atoms with Gasteiger partial charge < -0.3 is 0 Å². The number of hydrogen-bond donors (Lipinski definition) is 1. The summed E-state index contributed by atoms with van der Waals surface area (Å²) in [6.07, 6.45) is 4.32. The Morgan fingerprint density at radius 2 is 1.25 bits per heavy atom. The molecular formula is C23H26NO2S2+. The molecule has 3 aromatic rings. The van der Waals surface area contributed by atoms with E-state index in [1.165, 1.54) is 0 Å².